The van der Waals surface area contributed by atoms with Gasteiger partial charge in [0.2, 0.25) is 0 Å². The van der Waals surface area contributed by atoms with Crippen LogP contribution in [-0.2, 0) is 22.8 Å². The first-order valence-electron chi connectivity index (χ1n) is 12.8. The number of nitrogens with zero attached hydrogens (tertiary/aromatic N) is 1. The molecule has 1 aliphatic heterocycles. The van der Waals surface area contributed by atoms with Gasteiger partial charge >= 0.3 is 6.03 Å². The van der Waals surface area contributed by atoms with Crippen LogP contribution in [0.3, 0.4) is 0 Å². The predicted octanol–water partition coefficient (Wildman–Crippen LogP) is 6.94. The molecule has 42 heavy (non-hydrogen) atoms. The Kier molecular flexibility index (Phi) is 8.90. The van der Waals surface area contributed by atoms with E-state index in [0.717, 1.165) is 16.0 Å². The van der Waals surface area contributed by atoms with E-state index in [2.05, 4.69) is 21.2 Å². The summed E-state index contributed by atoms with van der Waals surface area (Å²) in [6.07, 6.45) is 1.39. The van der Waals surface area contributed by atoms with Crippen molar-refractivity contribution in [3.63, 3.8) is 0 Å². The third-order valence-corrected chi connectivity index (χ3v) is 7.10. The molecule has 5 rings (SSSR count). The van der Waals surface area contributed by atoms with E-state index in [1.54, 1.807) is 48.5 Å². The van der Waals surface area contributed by atoms with Crippen molar-refractivity contribution in [3.05, 3.63) is 123 Å². The summed E-state index contributed by atoms with van der Waals surface area (Å²) in [6, 6.07) is 25.9. The number of hydrogen-bond acceptors (Lipinski definition) is 6. The van der Waals surface area contributed by atoms with Gasteiger partial charge in [-0.1, -0.05) is 54.1 Å². The third kappa shape index (κ3) is 6.64. The molecule has 212 valence electrons. The maximum atomic E-state index is 13.4. The van der Waals surface area contributed by atoms with Gasteiger partial charge in [-0.15, -0.1) is 0 Å². The molecule has 0 saturated carbocycles. The summed E-state index contributed by atoms with van der Waals surface area (Å²) in [4.78, 5) is 39.7. The van der Waals surface area contributed by atoms with Crippen LogP contribution in [0.5, 0.6) is 17.2 Å². The fourth-order valence-corrected chi connectivity index (χ4v) is 5.02. The Morgan fingerprint density at radius 2 is 1.57 bits per heavy atom. The fourth-order valence-electron chi connectivity index (χ4n) is 4.24. The lowest BCUT2D eigenvalue weighted by Crippen LogP contribution is -2.54. The average Bonchev–Trinajstić information content (AvgIpc) is 2.98. The summed E-state index contributed by atoms with van der Waals surface area (Å²) in [5, 5.41) is 2.83. The number of benzene rings is 4. The molecule has 8 nitrogen and oxygen atoms in total. The zero-order valence-electron chi connectivity index (χ0n) is 22.3. The number of urea groups is 1. The van der Waals surface area contributed by atoms with Gasteiger partial charge in [0.1, 0.15) is 24.5 Å². The quantitative estimate of drug-likeness (QED) is 0.156. The number of imide groups is 2. The highest BCUT2D eigenvalue weighted by Gasteiger charge is 2.37. The van der Waals surface area contributed by atoms with Gasteiger partial charge in [0.05, 0.1) is 17.3 Å². The minimum absolute atomic E-state index is 0.222. The number of nitrogens with one attached hydrogen (secondary N) is 1. The molecule has 0 bridgehead atoms. The van der Waals surface area contributed by atoms with Gasteiger partial charge in [-0.25, -0.2) is 9.69 Å². The number of carbonyl (C=O) groups excluding carboxylic acids is 3. The number of ether oxygens (including phenoxy) is 3. The van der Waals surface area contributed by atoms with Gasteiger partial charge in [-0.05, 0) is 87.2 Å². The summed E-state index contributed by atoms with van der Waals surface area (Å²) in [5.41, 5.74) is 2.41. The third-order valence-electron chi connectivity index (χ3n) is 6.28. The van der Waals surface area contributed by atoms with Crippen molar-refractivity contribution in [2.24, 2.45) is 0 Å². The normalized spacial score (nSPS) is 14.1. The second-order valence-electron chi connectivity index (χ2n) is 9.18. The van der Waals surface area contributed by atoms with Gasteiger partial charge < -0.3 is 14.2 Å². The molecule has 1 N–H and O–H groups in total. The first-order valence-corrected chi connectivity index (χ1v) is 13.9. The summed E-state index contributed by atoms with van der Waals surface area (Å²) >= 11 is 9.56. The number of rotatable bonds is 9. The van der Waals surface area contributed by atoms with E-state index in [-0.39, 0.29) is 17.9 Å². The lowest BCUT2D eigenvalue weighted by Gasteiger charge is -2.26. The van der Waals surface area contributed by atoms with Gasteiger partial charge in [-0.3, -0.25) is 14.9 Å². The van der Waals surface area contributed by atoms with Gasteiger partial charge in [0.15, 0.2) is 11.5 Å². The Bertz CT molecular complexity index is 1670. The van der Waals surface area contributed by atoms with Crippen LogP contribution in [0.1, 0.15) is 16.7 Å². The van der Waals surface area contributed by atoms with Crippen LogP contribution in [-0.4, -0.2) is 25.0 Å². The van der Waals surface area contributed by atoms with Crippen LogP contribution < -0.4 is 24.4 Å². The summed E-state index contributed by atoms with van der Waals surface area (Å²) in [6.45, 7) is 0.609. The Hall–Kier alpha value is -4.60. The number of anilines is 1. The van der Waals surface area contributed by atoms with Crippen LogP contribution in [0.15, 0.2) is 101 Å². The number of barbiturate groups is 1. The number of halogens is 2. The van der Waals surface area contributed by atoms with Crippen molar-refractivity contribution in [2.45, 2.75) is 13.2 Å². The van der Waals surface area contributed by atoms with E-state index in [9.17, 15) is 14.4 Å². The lowest BCUT2D eigenvalue weighted by molar-refractivity contribution is -0.122. The topological polar surface area (TPSA) is 94.2 Å². The van der Waals surface area contributed by atoms with Gasteiger partial charge in [-0.2, -0.15) is 0 Å². The molecule has 4 amide bonds. The smallest absolute Gasteiger partial charge is 0.335 e. The molecular formula is C32H24BrClN2O6. The molecule has 0 atom stereocenters. The molecule has 0 unspecified atom stereocenters. The largest absolute Gasteiger partial charge is 0.493 e. The van der Waals surface area contributed by atoms with Gasteiger partial charge in [0, 0.05) is 5.02 Å². The van der Waals surface area contributed by atoms with Crippen molar-refractivity contribution >= 4 is 57.1 Å². The van der Waals surface area contributed by atoms with Crippen LogP contribution in [0, 0.1) is 0 Å². The van der Waals surface area contributed by atoms with E-state index in [4.69, 9.17) is 25.8 Å². The standard InChI is InChI=1S/C32H24BrClN2O6/c1-40-28-17-22(16-27(33)29(28)42-19-21-8-5-9-23(34)14-21)15-26-30(37)35-32(39)36(31(26)38)24-10-12-25(13-11-24)41-18-20-6-3-2-4-7-20/h2-17H,18-19H2,1H3,(H,35,37,39)/b26-15+. The number of amides is 4. The van der Waals surface area contributed by atoms with E-state index in [1.165, 1.54) is 13.2 Å². The van der Waals surface area contributed by atoms with Crippen LogP contribution in [0.25, 0.3) is 6.08 Å². The van der Waals surface area contributed by atoms with Gasteiger partial charge in [0.25, 0.3) is 11.8 Å². The minimum Gasteiger partial charge on any atom is -0.493 e. The molecule has 10 heteroatoms. The van der Waals surface area contributed by atoms with Crippen molar-refractivity contribution < 1.29 is 28.6 Å². The second-order valence-corrected chi connectivity index (χ2v) is 10.5. The highest BCUT2D eigenvalue weighted by atomic mass is 79.9. The van der Waals surface area contributed by atoms with E-state index in [1.807, 2.05) is 42.5 Å². The molecule has 1 heterocycles. The van der Waals surface area contributed by atoms with E-state index >= 15 is 0 Å². The minimum atomic E-state index is -0.844. The summed E-state index contributed by atoms with van der Waals surface area (Å²) in [5.74, 6) is -0.196. The highest BCUT2D eigenvalue weighted by molar-refractivity contribution is 9.10. The Morgan fingerprint density at radius 1 is 0.857 bits per heavy atom. The molecule has 0 aliphatic carbocycles. The van der Waals surface area contributed by atoms with Crippen LogP contribution in [0.4, 0.5) is 10.5 Å². The maximum absolute atomic E-state index is 13.4. The van der Waals surface area contributed by atoms with E-state index in [0.29, 0.717) is 38.9 Å². The fraction of sp³-hybridized carbons (Fsp3) is 0.0938. The Labute approximate surface area is 255 Å². The second kappa shape index (κ2) is 12.9. The molecule has 1 fully saturated rings. The highest BCUT2D eigenvalue weighted by Crippen LogP contribution is 2.38. The first kappa shape index (κ1) is 28.9. The van der Waals surface area contributed by atoms with Crippen LogP contribution in [0.2, 0.25) is 5.02 Å². The predicted molar refractivity (Wildman–Crippen MR) is 163 cm³/mol. The van der Waals surface area contributed by atoms with Crippen molar-refractivity contribution in [2.75, 3.05) is 12.0 Å². The number of hydrogen-bond donors (Lipinski definition) is 1. The summed E-state index contributed by atoms with van der Waals surface area (Å²) in [7, 11) is 1.48. The molecule has 1 saturated heterocycles. The van der Waals surface area contributed by atoms with Crippen molar-refractivity contribution in [3.8, 4) is 17.2 Å². The lowest BCUT2D eigenvalue weighted by atomic mass is 10.1. The SMILES string of the molecule is COc1cc(/C=C2\C(=O)NC(=O)N(c3ccc(OCc4ccccc4)cc3)C2=O)cc(Br)c1OCc1cccc(Cl)c1. The zero-order valence-corrected chi connectivity index (χ0v) is 24.6. The monoisotopic (exact) mass is 646 g/mol. The molecule has 0 spiro atoms. The summed E-state index contributed by atoms with van der Waals surface area (Å²) < 4.78 is 17.8. The Morgan fingerprint density at radius 3 is 2.29 bits per heavy atom. The van der Waals surface area contributed by atoms with Crippen LogP contribution >= 0.6 is 27.5 Å². The zero-order chi connectivity index (χ0) is 29.6. The first-order chi connectivity index (χ1) is 20.3. The molecular weight excluding hydrogens is 624 g/mol. The Balaban J connectivity index is 1.35. The maximum Gasteiger partial charge on any atom is 0.335 e. The van der Waals surface area contributed by atoms with Crippen molar-refractivity contribution in [1.29, 1.82) is 0 Å². The molecule has 1 aliphatic rings. The number of carbonyl (C=O) groups is 3. The molecule has 4 aromatic carbocycles. The van der Waals surface area contributed by atoms with E-state index < -0.39 is 17.8 Å². The molecule has 4 aromatic rings. The molecule has 0 aromatic heterocycles. The van der Waals surface area contributed by atoms with Crippen molar-refractivity contribution in [1.82, 2.24) is 5.32 Å². The average molecular weight is 648 g/mol. The molecule has 0 radical (unpaired) electrons. The number of methoxy groups -OCH3 is 1.